The lowest BCUT2D eigenvalue weighted by molar-refractivity contribution is 0.627. The molecule has 2 aromatic rings. The summed E-state index contributed by atoms with van der Waals surface area (Å²) >= 11 is 12.7. The van der Waals surface area contributed by atoms with Crippen molar-refractivity contribution in [3.05, 3.63) is 43.8 Å². The van der Waals surface area contributed by atoms with Gasteiger partial charge in [0.2, 0.25) is 0 Å². The van der Waals surface area contributed by atoms with Gasteiger partial charge in [-0.3, -0.25) is 0 Å². The molecule has 2 rings (SSSR count). The van der Waals surface area contributed by atoms with Gasteiger partial charge in [-0.05, 0) is 56.5 Å². The molecule has 0 unspecified atom stereocenters. The molecular formula is C12H8Br2ClFN2. The Morgan fingerprint density at radius 1 is 1.28 bits per heavy atom. The highest BCUT2D eigenvalue weighted by atomic mass is 79.9. The minimum Gasteiger partial charge on any atom is -0.232 e. The van der Waals surface area contributed by atoms with E-state index in [-0.39, 0.29) is 5.82 Å². The van der Waals surface area contributed by atoms with Crippen molar-refractivity contribution >= 4 is 43.5 Å². The summed E-state index contributed by atoms with van der Waals surface area (Å²) in [6.07, 6.45) is 0.731. The molecule has 0 N–H and O–H groups in total. The van der Waals surface area contributed by atoms with E-state index < -0.39 is 0 Å². The monoisotopic (exact) mass is 392 g/mol. The first-order chi connectivity index (χ1) is 8.52. The second kappa shape index (κ2) is 5.63. The minimum atomic E-state index is -0.315. The molecule has 1 aromatic carbocycles. The Labute approximate surface area is 126 Å². The van der Waals surface area contributed by atoms with Crippen molar-refractivity contribution < 1.29 is 4.39 Å². The fraction of sp³-hybridized carbons (Fsp3) is 0.167. The van der Waals surface area contributed by atoms with E-state index in [0.29, 0.717) is 25.5 Å². The van der Waals surface area contributed by atoms with Gasteiger partial charge >= 0.3 is 0 Å². The lowest BCUT2D eigenvalue weighted by Crippen LogP contribution is -1.98. The number of nitrogens with zero attached hydrogens (tertiary/aromatic N) is 2. The van der Waals surface area contributed by atoms with Gasteiger partial charge in [0.05, 0.1) is 10.2 Å². The highest BCUT2D eigenvalue weighted by Crippen LogP contribution is 2.31. The SMILES string of the molecule is CCc1nc(-c2ccc(F)cc2Br)nc(Cl)c1Br. The first kappa shape index (κ1) is 13.9. The third-order valence-electron chi connectivity index (χ3n) is 2.39. The zero-order chi connectivity index (χ0) is 13.3. The summed E-state index contributed by atoms with van der Waals surface area (Å²) in [7, 11) is 0. The second-order valence-electron chi connectivity index (χ2n) is 3.58. The van der Waals surface area contributed by atoms with E-state index in [1.54, 1.807) is 6.07 Å². The molecule has 1 heterocycles. The van der Waals surface area contributed by atoms with Gasteiger partial charge in [-0.1, -0.05) is 18.5 Å². The van der Waals surface area contributed by atoms with E-state index in [0.717, 1.165) is 12.1 Å². The van der Waals surface area contributed by atoms with Crippen LogP contribution in [-0.2, 0) is 6.42 Å². The number of aromatic nitrogens is 2. The Bertz CT molecular complexity index is 605. The van der Waals surface area contributed by atoms with E-state index in [1.165, 1.54) is 12.1 Å². The molecule has 6 heteroatoms. The summed E-state index contributed by atoms with van der Waals surface area (Å²) < 4.78 is 14.4. The molecule has 0 spiro atoms. The van der Waals surface area contributed by atoms with Crippen molar-refractivity contribution in [3.63, 3.8) is 0 Å². The number of aryl methyl sites for hydroxylation is 1. The highest BCUT2D eigenvalue weighted by Gasteiger charge is 2.13. The van der Waals surface area contributed by atoms with Gasteiger partial charge in [-0.2, -0.15) is 0 Å². The maximum absolute atomic E-state index is 13.0. The summed E-state index contributed by atoms with van der Waals surface area (Å²) in [4.78, 5) is 8.61. The molecule has 94 valence electrons. The molecule has 1 aromatic heterocycles. The molecule has 18 heavy (non-hydrogen) atoms. The van der Waals surface area contributed by atoms with E-state index >= 15 is 0 Å². The molecule has 0 radical (unpaired) electrons. The van der Waals surface area contributed by atoms with Crippen molar-refractivity contribution in [2.75, 3.05) is 0 Å². The Morgan fingerprint density at radius 2 is 2.00 bits per heavy atom. The summed E-state index contributed by atoms with van der Waals surface area (Å²) in [6, 6.07) is 4.36. The van der Waals surface area contributed by atoms with Crippen molar-refractivity contribution in [1.29, 1.82) is 0 Å². The third-order valence-corrected chi connectivity index (χ3v) is 4.38. The van der Waals surface area contributed by atoms with E-state index in [1.807, 2.05) is 6.92 Å². The quantitative estimate of drug-likeness (QED) is 0.668. The van der Waals surface area contributed by atoms with Gasteiger partial charge in [0.1, 0.15) is 11.0 Å². The van der Waals surface area contributed by atoms with Crippen molar-refractivity contribution in [2.24, 2.45) is 0 Å². The Hall–Kier alpha value is -0.520. The van der Waals surface area contributed by atoms with Gasteiger partial charge in [0.25, 0.3) is 0 Å². The molecule has 0 saturated carbocycles. The first-order valence-corrected chi connectivity index (χ1v) is 7.16. The fourth-order valence-corrected chi connectivity index (χ4v) is 2.66. The van der Waals surface area contributed by atoms with Crippen LogP contribution in [0.25, 0.3) is 11.4 Å². The minimum absolute atomic E-state index is 0.315. The second-order valence-corrected chi connectivity index (χ2v) is 5.58. The fourth-order valence-electron chi connectivity index (χ4n) is 1.49. The number of rotatable bonds is 2. The van der Waals surface area contributed by atoms with Crippen LogP contribution in [0.4, 0.5) is 4.39 Å². The molecule has 2 nitrogen and oxygen atoms in total. The van der Waals surface area contributed by atoms with Crippen LogP contribution in [0.3, 0.4) is 0 Å². The molecule has 0 aliphatic heterocycles. The normalized spacial score (nSPS) is 10.7. The number of hydrogen-bond donors (Lipinski definition) is 0. The van der Waals surface area contributed by atoms with Crippen LogP contribution in [0.15, 0.2) is 27.1 Å². The molecule has 0 atom stereocenters. The Morgan fingerprint density at radius 3 is 2.61 bits per heavy atom. The van der Waals surface area contributed by atoms with Crippen molar-refractivity contribution in [1.82, 2.24) is 9.97 Å². The highest BCUT2D eigenvalue weighted by molar-refractivity contribution is 9.11. The number of hydrogen-bond acceptors (Lipinski definition) is 2. The zero-order valence-corrected chi connectivity index (χ0v) is 13.3. The summed E-state index contributed by atoms with van der Waals surface area (Å²) in [5.41, 5.74) is 1.53. The molecule has 0 aliphatic carbocycles. The summed E-state index contributed by atoms with van der Waals surface area (Å²) in [5, 5.41) is 0.355. The summed E-state index contributed by atoms with van der Waals surface area (Å²) in [5.74, 6) is 0.163. The van der Waals surface area contributed by atoms with Crippen LogP contribution < -0.4 is 0 Å². The summed E-state index contributed by atoms with van der Waals surface area (Å²) in [6.45, 7) is 1.98. The lowest BCUT2D eigenvalue weighted by Gasteiger charge is -2.08. The van der Waals surface area contributed by atoms with E-state index in [9.17, 15) is 4.39 Å². The van der Waals surface area contributed by atoms with Gasteiger partial charge in [0, 0.05) is 10.0 Å². The average molecular weight is 394 g/mol. The van der Waals surface area contributed by atoms with Crippen molar-refractivity contribution in [3.8, 4) is 11.4 Å². The van der Waals surface area contributed by atoms with Crippen LogP contribution in [0.2, 0.25) is 5.15 Å². The molecule has 0 amide bonds. The van der Waals surface area contributed by atoms with Gasteiger partial charge in [0.15, 0.2) is 5.82 Å². The predicted molar refractivity (Wildman–Crippen MR) is 77.2 cm³/mol. The maximum atomic E-state index is 13.0. The van der Waals surface area contributed by atoms with E-state index in [2.05, 4.69) is 41.8 Å². The van der Waals surface area contributed by atoms with E-state index in [4.69, 9.17) is 11.6 Å². The third kappa shape index (κ3) is 2.73. The smallest absolute Gasteiger partial charge is 0.162 e. The Balaban J connectivity index is 2.60. The van der Waals surface area contributed by atoms with Gasteiger partial charge in [-0.25, -0.2) is 14.4 Å². The number of halogens is 4. The topological polar surface area (TPSA) is 25.8 Å². The van der Waals surface area contributed by atoms with Gasteiger partial charge in [-0.15, -0.1) is 0 Å². The standard InChI is InChI=1S/C12H8Br2ClFN2/c1-2-9-10(14)11(15)18-12(17-9)7-4-3-6(16)5-8(7)13/h3-5H,2H2,1H3. The zero-order valence-electron chi connectivity index (χ0n) is 9.35. The van der Waals surface area contributed by atoms with Crippen molar-refractivity contribution in [2.45, 2.75) is 13.3 Å². The van der Waals surface area contributed by atoms with Crippen LogP contribution in [0, 0.1) is 5.82 Å². The predicted octanol–water partition coefficient (Wildman–Crippen LogP) is 5.02. The molecule has 0 bridgehead atoms. The maximum Gasteiger partial charge on any atom is 0.162 e. The van der Waals surface area contributed by atoms with Crippen LogP contribution in [0.5, 0.6) is 0 Å². The molecule has 0 aliphatic rings. The average Bonchev–Trinajstić information content (AvgIpc) is 2.32. The molecule has 0 fully saturated rings. The first-order valence-electron chi connectivity index (χ1n) is 5.20. The van der Waals surface area contributed by atoms with Crippen LogP contribution >= 0.6 is 43.5 Å². The molecule has 0 saturated heterocycles. The lowest BCUT2D eigenvalue weighted by atomic mass is 10.2. The number of benzene rings is 1. The molecular weight excluding hydrogens is 386 g/mol. The van der Waals surface area contributed by atoms with Gasteiger partial charge < -0.3 is 0 Å². The Kier molecular flexibility index (Phi) is 4.35. The largest absolute Gasteiger partial charge is 0.232 e. The van der Waals surface area contributed by atoms with Crippen LogP contribution in [-0.4, -0.2) is 9.97 Å². The van der Waals surface area contributed by atoms with Crippen LogP contribution in [0.1, 0.15) is 12.6 Å².